The number of rotatable bonds is 1. The van der Waals surface area contributed by atoms with Crippen molar-refractivity contribution in [1.29, 1.82) is 0 Å². The molecule has 0 saturated carbocycles. The van der Waals surface area contributed by atoms with Crippen molar-refractivity contribution in [2.24, 2.45) is 0 Å². The molecule has 0 radical (unpaired) electrons. The van der Waals surface area contributed by atoms with Crippen LogP contribution in [0.25, 0.3) is 11.1 Å². The number of nitrogens with zero attached hydrogens (tertiary/aromatic N) is 1. The summed E-state index contributed by atoms with van der Waals surface area (Å²) in [6, 6.07) is 10.8. The van der Waals surface area contributed by atoms with Crippen molar-refractivity contribution in [2.75, 3.05) is 11.9 Å². The minimum absolute atomic E-state index is 1.06. The minimum Gasteiger partial charge on any atom is -0.384 e. The lowest BCUT2D eigenvalue weighted by molar-refractivity contribution is 1.11. The van der Waals surface area contributed by atoms with Gasteiger partial charge in [0.1, 0.15) is 0 Å². The van der Waals surface area contributed by atoms with E-state index in [1.807, 2.05) is 13.1 Å². The third-order valence-corrected chi connectivity index (χ3v) is 3.06. The summed E-state index contributed by atoms with van der Waals surface area (Å²) in [7, 11) is 0. The topological polar surface area (TPSA) is 24.9 Å². The molecule has 2 nitrogen and oxygen atoms in total. The zero-order chi connectivity index (χ0) is 11.0. The molecule has 3 rings (SSSR count). The summed E-state index contributed by atoms with van der Waals surface area (Å²) in [6.45, 7) is 3.07. The first-order valence-corrected chi connectivity index (χ1v) is 5.63. The van der Waals surface area contributed by atoms with Crippen LogP contribution in [0.4, 0.5) is 5.69 Å². The zero-order valence-electron chi connectivity index (χ0n) is 9.33. The Hall–Kier alpha value is -1.83. The highest BCUT2D eigenvalue weighted by molar-refractivity contribution is 5.70. The van der Waals surface area contributed by atoms with E-state index in [2.05, 4.69) is 40.6 Å². The first-order valence-electron chi connectivity index (χ1n) is 5.63. The van der Waals surface area contributed by atoms with Crippen LogP contribution in [0.3, 0.4) is 0 Å². The van der Waals surface area contributed by atoms with Crippen LogP contribution in [0, 0.1) is 6.92 Å². The van der Waals surface area contributed by atoms with Gasteiger partial charge < -0.3 is 5.32 Å². The number of pyridine rings is 1. The Morgan fingerprint density at radius 3 is 2.81 bits per heavy atom. The van der Waals surface area contributed by atoms with Crippen LogP contribution in [-0.2, 0) is 6.42 Å². The average molecular weight is 210 g/mol. The van der Waals surface area contributed by atoms with E-state index in [9.17, 15) is 0 Å². The summed E-state index contributed by atoms with van der Waals surface area (Å²) in [5.41, 5.74) is 6.17. The van der Waals surface area contributed by atoms with Crippen molar-refractivity contribution >= 4 is 5.69 Å². The Balaban J connectivity index is 2.03. The largest absolute Gasteiger partial charge is 0.384 e. The van der Waals surface area contributed by atoms with Gasteiger partial charge in [-0.3, -0.25) is 4.98 Å². The number of hydrogen-bond acceptors (Lipinski definition) is 2. The van der Waals surface area contributed by atoms with E-state index in [4.69, 9.17) is 0 Å². The number of benzene rings is 1. The highest BCUT2D eigenvalue weighted by Gasteiger charge is 2.10. The van der Waals surface area contributed by atoms with E-state index in [0.717, 1.165) is 18.7 Å². The Kier molecular flexibility index (Phi) is 2.13. The molecule has 1 aliphatic rings. The molecule has 1 aliphatic heterocycles. The fraction of sp³-hybridized carbons (Fsp3) is 0.214. The summed E-state index contributed by atoms with van der Waals surface area (Å²) in [6.07, 6.45) is 3.08. The Morgan fingerprint density at radius 2 is 2.00 bits per heavy atom. The standard InChI is InChI=1S/C14H14N2/c1-10-2-3-13(9-16-10)12-5-4-11-6-7-15-14(11)8-12/h2-5,8-9,15H,6-7H2,1H3. The van der Waals surface area contributed by atoms with Crippen LogP contribution in [0.1, 0.15) is 11.3 Å². The molecule has 1 N–H and O–H groups in total. The van der Waals surface area contributed by atoms with E-state index < -0.39 is 0 Å². The van der Waals surface area contributed by atoms with E-state index in [0.29, 0.717) is 0 Å². The molecular formula is C14H14N2. The van der Waals surface area contributed by atoms with Gasteiger partial charge in [0.15, 0.2) is 0 Å². The second kappa shape index (κ2) is 3.63. The van der Waals surface area contributed by atoms with Crippen molar-refractivity contribution < 1.29 is 0 Å². The molecule has 0 bridgehead atoms. The van der Waals surface area contributed by atoms with Crippen molar-refractivity contribution in [3.63, 3.8) is 0 Å². The molecule has 2 heterocycles. The zero-order valence-corrected chi connectivity index (χ0v) is 9.33. The normalized spacial score (nSPS) is 13.3. The van der Waals surface area contributed by atoms with Crippen molar-refractivity contribution in [3.05, 3.63) is 47.8 Å². The van der Waals surface area contributed by atoms with Crippen LogP contribution < -0.4 is 5.32 Å². The number of aryl methyl sites for hydroxylation is 1. The first kappa shape index (κ1) is 9.40. The molecule has 1 aromatic carbocycles. The van der Waals surface area contributed by atoms with Crippen molar-refractivity contribution in [3.8, 4) is 11.1 Å². The molecule has 2 aromatic rings. The summed E-state index contributed by atoms with van der Waals surface area (Å²) in [5, 5.41) is 3.40. The molecule has 0 aliphatic carbocycles. The number of aromatic nitrogens is 1. The van der Waals surface area contributed by atoms with Gasteiger partial charge in [0.05, 0.1) is 0 Å². The van der Waals surface area contributed by atoms with Gasteiger partial charge in [-0.05, 0) is 36.6 Å². The minimum atomic E-state index is 1.06. The van der Waals surface area contributed by atoms with Gasteiger partial charge in [0.25, 0.3) is 0 Å². The van der Waals surface area contributed by atoms with Crippen molar-refractivity contribution in [2.45, 2.75) is 13.3 Å². The predicted molar refractivity (Wildman–Crippen MR) is 66.6 cm³/mol. The monoisotopic (exact) mass is 210 g/mol. The van der Waals surface area contributed by atoms with Gasteiger partial charge in [-0.15, -0.1) is 0 Å². The third-order valence-electron chi connectivity index (χ3n) is 3.06. The van der Waals surface area contributed by atoms with E-state index in [-0.39, 0.29) is 0 Å². The summed E-state index contributed by atoms with van der Waals surface area (Å²) in [5.74, 6) is 0. The summed E-state index contributed by atoms with van der Waals surface area (Å²) < 4.78 is 0. The van der Waals surface area contributed by atoms with Gasteiger partial charge >= 0.3 is 0 Å². The van der Waals surface area contributed by atoms with E-state index in [1.165, 1.54) is 22.4 Å². The summed E-state index contributed by atoms with van der Waals surface area (Å²) in [4.78, 5) is 4.33. The average Bonchev–Trinajstić information content (AvgIpc) is 2.77. The second-order valence-electron chi connectivity index (χ2n) is 4.24. The van der Waals surface area contributed by atoms with Crippen LogP contribution >= 0.6 is 0 Å². The smallest absolute Gasteiger partial charge is 0.0379 e. The third kappa shape index (κ3) is 1.56. The molecule has 0 atom stereocenters. The van der Waals surface area contributed by atoms with E-state index in [1.54, 1.807) is 0 Å². The molecule has 0 fully saturated rings. The molecule has 1 aromatic heterocycles. The maximum atomic E-state index is 4.33. The van der Waals surface area contributed by atoms with Crippen LogP contribution in [0.15, 0.2) is 36.5 Å². The predicted octanol–water partition coefficient (Wildman–Crippen LogP) is 3.03. The van der Waals surface area contributed by atoms with Crippen LogP contribution in [-0.4, -0.2) is 11.5 Å². The number of anilines is 1. The Labute approximate surface area is 95.3 Å². The van der Waals surface area contributed by atoms with Gasteiger partial charge in [-0.2, -0.15) is 0 Å². The van der Waals surface area contributed by atoms with Gasteiger partial charge in [0.2, 0.25) is 0 Å². The molecule has 0 saturated heterocycles. The first-order chi connectivity index (χ1) is 7.83. The molecule has 16 heavy (non-hydrogen) atoms. The maximum absolute atomic E-state index is 4.33. The fourth-order valence-electron chi connectivity index (χ4n) is 2.11. The fourth-order valence-corrected chi connectivity index (χ4v) is 2.11. The highest BCUT2D eigenvalue weighted by Crippen LogP contribution is 2.28. The van der Waals surface area contributed by atoms with Gasteiger partial charge in [0, 0.05) is 29.7 Å². The van der Waals surface area contributed by atoms with Crippen molar-refractivity contribution in [1.82, 2.24) is 4.98 Å². The van der Waals surface area contributed by atoms with Gasteiger partial charge in [-0.1, -0.05) is 18.2 Å². The van der Waals surface area contributed by atoms with Gasteiger partial charge in [-0.25, -0.2) is 0 Å². The molecule has 0 spiro atoms. The molecule has 0 unspecified atom stereocenters. The number of nitrogens with one attached hydrogen (secondary N) is 1. The van der Waals surface area contributed by atoms with Crippen LogP contribution in [0.5, 0.6) is 0 Å². The second-order valence-corrected chi connectivity index (χ2v) is 4.24. The number of hydrogen-bond donors (Lipinski definition) is 1. The molecule has 0 amide bonds. The molecular weight excluding hydrogens is 196 g/mol. The molecule has 80 valence electrons. The Morgan fingerprint density at radius 1 is 1.12 bits per heavy atom. The maximum Gasteiger partial charge on any atom is 0.0379 e. The SMILES string of the molecule is Cc1ccc(-c2ccc3c(c2)NCC3)cn1. The number of fused-ring (bicyclic) bond motifs is 1. The summed E-state index contributed by atoms with van der Waals surface area (Å²) >= 11 is 0. The highest BCUT2D eigenvalue weighted by atomic mass is 14.9. The Bertz CT molecular complexity index is 515. The lowest BCUT2D eigenvalue weighted by atomic mass is 10.0. The van der Waals surface area contributed by atoms with E-state index >= 15 is 0 Å². The molecule has 2 heteroatoms. The lowest BCUT2D eigenvalue weighted by Gasteiger charge is -2.05. The van der Waals surface area contributed by atoms with Crippen LogP contribution in [0.2, 0.25) is 0 Å². The quantitative estimate of drug-likeness (QED) is 0.782. The lowest BCUT2D eigenvalue weighted by Crippen LogP contribution is -1.91.